The predicted molar refractivity (Wildman–Crippen MR) is 66.1 cm³/mol. The van der Waals surface area contributed by atoms with Gasteiger partial charge in [0, 0.05) is 4.90 Å². The summed E-state index contributed by atoms with van der Waals surface area (Å²) in [7, 11) is 0. The molecule has 0 aliphatic carbocycles. The molecule has 2 rings (SSSR count). The summed E-state index contributed by atoms with van der Waals surface area (Å²) in [5.41, 5.74) is -0.659. The van der Waals surface area contributed by atoms with Gasteiger partial charge in [0.1, 0.15) is 29.9 Å². The molecule has 0 radical (unpaired) electrons. The minimum atomic E-state index is -1.20. The molecule has 1 aromatic carbocycles. The first-order chi connectivity index (χ1) is 8.63. The topological polar surface area (TPSA) is 90.2 Å². The molecule has 5 atom stereocenters. The van der Waals surface area contributed by atoms with Gasteiger partial charge in [0.2, 0.25) is 0 Å². The van der Waals surface area contributed by atoms with E-state index in [1.807, 2.05) is 30.3 Å². The van der Waals surface area contributed by atoms with Crippen molar-refractivity contribution in [3.05, 3.63) is 30.3 Å². The van der Waals surface area contributed by atoms with Crippen molar-refractivity contribution < 1.29 is 25.2 Å². The zero-order valence-corrected chi connectivity index (χ0v) is 10.4. The van der Waals surface area contributed by atoms with Gasteiger partial charge in [-0.1, -0.05) is 30.0 Å². The molecule has 18 heavy (non-hydrogen) atoms. The monoisotopic (exact) mass is 272 g/mol. The Bertz CT molecular complexity index is 374. The lowest BCUT2D eigenvalue weighted by molar-refractivity contribution is -0.0713. The number of rotatable bonds is 4. The second kappa shape index (κ2) is 6.01. The van der Waals surface area contributed by atoms with Crippen LogP contribution < -0.4 is 0 Å². The van der Waals surface area contributed by atoms with E-state index in [0.717, 1.165) is 4.90 Å². The fourth-order valence-electron chi connectivity index (χ4n) is 1.82. The maximum Gasteiger partial charge on any atom is 0.136 e. The summed E-state index contributed by atoms with van der Waals surface area (Å²) in [6, 6.07) is 9.33. The van der Waals surface area contributed by atoms with Gasteiger partial charge in [0.15, 0.2) is 0 Å². The Kier molecular flexibility index (Phi) is 4.60. The van der Waals surface area contributed by atoms with E-state index in [2.05, 4.69) is 0 Å². The standard InChI is InChI=1S/C12H16O5S/c13-6-8(14)11-9(15)10(16)12(17-11)18-7-4-2-1-3-5-7/h1-5,8-16H,6H2/t8-,9+,10+,11+,12+/m0/s1. The summed E-state index contributed by atoms with van der Waals surface area (Å²) in [6.45, 7) is -0.517. The highest BCUT2D eigenvalue weighted by Gasteiger charge is 2.46. The molecule has 0 unspecified atom stereocenters. The molecule has 0 saturated carbocycles. The molecule has 100 valence electrons. The largest absolute Gasteiger partial charge is 0.394 e. The molecular weight excluding hydrogens is 256 g/mol. The molecule has 1 aliphatic rings. The Hall–Kier alpha value is -0.630. The molecule has 1 fully saturated rings. The summed E-state index contributed by atoms with van der Waals surface area (Å²) in [5.74, 6) is 0. The minimum Gasteiger partial charge on any atom is -0.394 e. The maximum atomic E-state index is 9.85. The van der Waals surface area contributed by atoms with Gasteiger partial charge in [0.05, 0.1) is 6.61 Å². The van der Waals surface area contributed by atoms with Crippen LogP contribution >= 0.6 is 11.8 Å². The van der Waals surface area contributed by atoms with Crippen molar-refractivity contribution in [1.82, 2.24) is 0 Å². The van der Waals surface area contributed by atoms with Crippen LogP contribution in [0.2, 0.25) is 0 Å². The first kappa shape index (κ1) is 13.8. The highest BCUT2D eigenvalue weighted by Crippen LogP contribution is 2.35. The van der Waals surface area contributed by atoms with Crippen LogP contribution in [-0.4, -0.2) is 56.9 Å². The number of benzene rings is 1. The number of aliphatic hydroxyl groups is 4. The Balaban J connectivity index is 2.03. The van der Waals surface area contributed by atoms with Crippen LogP contribution in [0.15, 0.2) is 35.2 Å². The smallest absolute Gasteiger partial charge is 0.136 e. The third-order valence-corrected chi connectivity index (χ3v) is 3.98. The summed E-state index contributed by atoms with van der Waals surface area (Å²) in [6.07, 6.45) is -4.46. The molecule has 4 N–H and O–H groups in total. The van der Waals surface area contributed by atoms with Gasteiger partial charge < -0.3 is 25.2 Å². The molecule has 1 aromatic rings. The summed E-state index contributed by atoms with van der Waals surface area (Å²) < 4.78 is 5.40. The Labute approximate surface area is 109 Å². The molecule has 0 spiro atoms. The summed E-state index contributed by atoms with van der Waals surface area (Å²) in [5, 5.41) is 37.9. The third kappa shape index (κ3) is 2.85. The second-order valence-electron chi connectivity index (χ2n) is 4.13. The van der Waals surface area contributed by atoms with E-state index < -0.39 is 36.5 Å². The fourth-order valence-corrected chi connectivity index (χ4v) is 2.89. The lowest BCUT2D eigenvalue weighted by atomic mass is 10.1. The Morgan fingerprint density at radius 2 is 1.83 bits per heavy atom. The van der Waals surface area contributed by atoms with Gasteiger partial charge in [-0.15, -0.1) is 0 Å². The Morgan fingerprint density at radius 1 is 1.17 bits per heavy atom. The quantitative estimate of drug-likeness (QED) is 0.595. The van der Waals surface area contributed by atoms with Crippen molar-refractivity contribution in [2.45, 2.75) is 34.7 Å². The van der Waals surface area contributed by atoms with Crippen LogP contribution in [0.3, 0.4) is 0 Å². The number of aliphatic hydroxyl groups excluding tert-OH is 4. The van der Waals surface area contributed by atoms with Crippen molar-refractivity contribution >= 4 is 11.8 Å². The van der Waals surface area contributed by atoms with Crippen LogP contribution in [0.1, 0.15) is 0 Å². The van der Waals surface area contributed by atoms with Crippen molar-refractivity contribution in [3.63, 3.8) is 0 Å². The van der Waals surface area contributed by atoms with Crippen LogP contribution in [0.25, 0.3) is 0 Å². The minimum absolute atomic E-state index is 0.517. The average Bonchev–Trinajstić information content (AvgIpc) is 2.67. The number of thioether (sulfide) groups is 1. The van der Waals surface area contributed by atoms with Crippen molar-refractivity contribution in [2.75, 3.05) is 6.61 Å². The highest BCUT2D eigenvalue weighted by molar-refractivity contribution is 7.99. The molecular formula is C12H16O5S. The maximum absolute atomic E-state index is 9.85. The molecule has 0 aromatic heterocycles. The van der Waals surface area contributed by atoms with Crippen molar-refractivity contribution in [2.24, 2.45) is 0 Å². The zero-order valence-electron chi connectivity index (χ0n) is 9.59. The van der Waals surface area contributed by atoms with Crippen LogP contribution in [0, 0.1) is 0 Å². The van der Waals surface area contributed by atoms with Gasteiger partial charge in [-0.25, -0.2) is 0 Å². The number of ether oxygens (including phenoxy) is 1. The van der Waals surface area contributed by atoms with Crippen molar-refractivity contribution in [1.29, 1.82) is 0 Å². The average molecular weight is 272 g/mol. The van der Waals surface area contributed by atoms with Crippen LogP contribution in [-0.2, 0) is 4.74 Å². The Morgan fingerprint density at radius 3 is 2.44 bits per heavy atom. The lowest BCUT2D eigenvalue weighted by Gasteiger charge is -2.18. The first-order valence-electron chi connectivity index (χ1n) is 5.65. The zero-order chi connectivity index (χ0) is 13.1. The lowest BCUT2D eigenvalue weighted by Crippen LogP contribution is -2.40. The summed E-state index contributed by atoms with van der Waals surface area (Å²) in [4.78, 5) is 0.896. The van der Waals surface area contributed by atoms with E-state index in [1.54, 1.807) is 0 Å². The van der Waals surface area contributed by atoms with E-state index in [1.165, 1.54) is 11.8 Å². The van der Waals surface area contributed by atoms with Crippen molar-refractivity contribution in [3.8, 4) is 0 Å². The predicted octanol–water partition coefficient (Wildman–Crippen LogP) is -0.421. The van der Waals surface area contributed by atoms with Crippen LogP contribution in [0.4, 0.5) is 0 Å². The molecule has 6 heteroatoms. The van der Waals surface area contributed by atoms with Gasteiger partial charge in [-0.05, 0) is 12.1 Å². The van der Waals surface area contributed by atoms with Gasteiger partial charge in [-0.2, -0.15) is 0 Å². The SMILES string of the molecule is OC[C@H](O)[C@H]1O[C@H](Sc2ccccc2)[C@H](O)[C@H]1O. The molecule has 0 amide bonds. The third-order valence-electron chi connectivity index (χ3n) is 2.82. The normalized spacial score (nSPS) is 33.6. The van der Waals surface area contributed by atoms with Gasteiger partial charge in [0.25, 0.3) is 0 Å². The van der Waals surface area contributed by atoms with Gasteiger partial charge in [-0.3, -0.25) is 0 Å². The first-order valence-corrected chi connectivity index (χ1v) is 6.53. The molecule has 1 heterocycles. The fraction of sp³-hybridized carbons (Fsp3) is 0.500. The van der Waals surface area contributed by atoms with E-state index in [-0.39, 0.29) is 0 Å². The van der Waals surface area contributed by atoms with E-state index >= 15 is 0 Å². The molecule has 0 bridgehead atoms. The number of hydrogen-bond donors (Lipinski definition) is 4. The number of hydrogen-bond acceptors (Lipinski definition) is 6. The van der Waals surface area contributed by atoms with Gasteiger partial charge >= 0.3 is 0 Å². The highest BCUT2D eigenvalue weighted by atomic mass is 32.2. The molecule has 1 aliphatic heterocycles. The van der Waals surface area contributed by atoms with E-state index in [9.17, 15) is 15.3 Å². The summed E-state index contributed by atoms with van der Waals surface area (Å²) >= 11 is 1.27. The van der Waals surface area contributed by atoms with E-state index in [0.29, 0.717) is 0 Å². The second-order valence-corrected chi connectivity index (χ2v) is 5.30. The molecule has 5 nitrogen and oxygen atoms in total. The van der Waals surface area contributed by atoms with Crippen LogP contribution in [0.5, 0.6) is 0 Å². The molecule has 1 saturated heterocycles. The van der Waals surface area contributed by atoms with E-state index in [4.69, 9.17) is 9.84 Å².